The molecular formula is C28H38F3N3O2. The number of carbonyl (C=O) groups is 1. The Labute approximate surface area is 212 Å². The van der Waals surface area contributed by atoms with Crippen molar-refractivity contribution in [3.63, 3.8) is 0 Å². The van der Waals surface area contributed by atoms with Gasteiger partial charge in [0.15, 0.2) is 0 Å². The number of benzene rings is 2. The number of hydrogen-bond donors (Lipinski definition) is 1. The topological polar surface area (TPSA) is 44.8 Å². The molecule has 1 aliphatic heterocycles. The first-order valence-electron chi connectivity index (χ1n) is 12.8. The summed E-state index contributed by atoms with van der Waals surface area (Å²) in [6.07, 6.45) is -1.37. The highest BCUT2D eigenvalue weighted by Gasteiger charge is 2.30. The van der Waals surface area contributed by atoms with E-state index >= 15 is 0 Å². The molecule has 1 amide bonds. The van der Waals surface area contributed by atoms with Gasteiger partial charge in [-0.05, 0) is 93.2 Å². The van der Waals surface area contributed by atoms with Gasteiger partial charge < -0.3 is 15.0 Å². The summed E-state index contributed by atoms with van der Waals surface area (Å²) in [5, 5.41) is 3.38. The molecular weight excluding hydrogens is 467 g/mol. The summed E-state index contributed by atoms with van der Waals surface area (Å²) >= 11 is 0. The lowest BCUT2D eigenvalue weighted by molar-refractivity contribution is -0.137. The van der Waals surface area contributed by atoms with Gasteiger partial charge in [0.1, 0.15) is 5.75 Å². The van der Waals surface area contributed by atoms with Crippen molar-refractivity contribution in [1.82, 2.24) is 15.1 Å². The van der Waals surface area contributed by atoms with Crippen molar-refractivity contribution in [1.29, 1.82) is 0 Å². The lowest BCUT2D eigenvalue weighted by Crippen LogP contribution is -2.49. The molecule has 1 aliphatic rings. The second-order valence-corrected chi connectivity index (χ2v) is 9.38. The Morgan fingerprint density at radius 3 is 2.31 bits per heavy atom. The van der Waals surface area contributed by atoms with Crippen LogP contribution in [0.3, 0.4) is 0 Å². The number of hydrogen-bond acceptors (Lipinski definition) is 4. The average molecular weight is 506 g/mol. The summed E-state index contributed by atoms with van der Waals surface area (Å²) in [6.45, 7) is 12.6. The third kappa shape index (κ3) is 7.71. The Bertz CT molecular complexity index is 985. The standard InChI is InChI=1S/C28H38F3N3O2/c1-4-13-32-14-5-20-36-26-11-8-23(21(2)22(26)3)12-15-33-16-18-34(19-17-33)27(35)24-6-9-25(10-7-24)28(29,30)31/h6-11,32H,4-5,12-20H2,1-3H3. The number of nitrogens with one attached hydrogen (secondary N) is 1. The first-order valence-corrected chi connectivity index (χ1v) is 12.8. The van der Waals surface area contributed by atoms with E-state index in [-0.39, 0.29) is 5.91 Å². The monoisotopic (exact) mass is 505 g/mol. The van der Waals surface area contributed by atoms with E-state index in [1.807, 2.05) is 0 Å². The summed E-state index contributed by atoms with van der Waals surface area (Å²) in [4.78, 5) is 16.8. The molecule has 0 saturated carbocycles. The number of alkyl halides is 3. The van der Waals surface area contributed by atoms with E-state index in [9.17, 15) is 18.0 Å². The maximum absolute atomic E-state index is 12.8. The molecule has 198 valence electrons. The summed E-state index contributed by atoms with van der Waals surface area (Å²) < 4.78 is 44.3. The number of amides is 1. The molecule has 2 aromatic carbocycles. The molecule has 5 nitrogen and oxygen atoms in total. The van der Waals surface area contributed by atoms with Gasteiger partial charge in [-0.15, -0.1) is 0 Å². The van der Waals surface area contributed by atoms with Gasteiger partial charge in [0, 0.05) is 38.3 Å². The van der Waals surface area contributed by atoms with Crippen molar-refractivity contribution in [3.8, 4) is 5.75 Å². The first kappa shape index (κ1) is 28.0. The van der Waals surface area contributed by atoms with E-state index in [2.05, 4.69) is 43.1 Å². The molecule has 1 fully saturated rings. The van der Waals surface area contributed by atoms with Crippen LogP contribution >= 0.6 is 0 Å². The lowest BCUT2D eigenvalue weighted by atomic mass is 9.99. The van der Waals surface area contributed by atoms with Gasteiger partial charge in [-0.1, -0.05) is 13.0 Å². The number of ether oxygens (including phenoxy) is 1. The van der Waals surface area contributed by atoms with Crippen molar-refractivity contribution in [2.75, 3.05) is 52.4 Å². The molecule has 3 rings (SSSR count). The second-order valence-electron chi connectivity index (χ2n) is 9.38. The van der Waals surface area contributed by atoms with E-state index in [1.165, 1.54) is 28.8 Å². The minimum absolute atomic E-state index is 0.216. The normalized spacial score (nSPS) is 14.8. The Hall–Kier alpha value is -2.58. The van der Waals surface area contributed by atoms with Crippen molar-refractivity contribution in [3.05, 3.63) is 64.2 Å². The van der Waals surface area contributed by atoms with Crippen LogP contribution in [0, 0.1) is 13.8 Å². The second kappa shape index (κ2) is 13.1. The minimum atomic E-state index is -4.40. The van der Waals surface area contributed by atoms with Crippen LogP contribution in [0.1, 0.15) is 52.4 Å². The third-order valence-electron chi connectivity index (χ3n) is 6.85. The van der Waals surface area contributed by atoms with Gasteiger partial charge in [0.05, 0.1) is 12.2 Å². The van der Waals surface area contributed by atoms with Gasteiger partial charge >= 0.3 is 6.18 Å². The fourth-order valence-corrected chi connectivity index (χ4v) is 4.40. The van der Waals surface area contributed by atoms with Gasteiger partial charge in [-0.2, -0.15) is 13.2 Å². The highest BCUT2D eigenvalue weighted by molar-refractivity contribution is 5.94. The zero-order valence-corrected chi connectivity index (χ0v) is 21.6. The number of halogens is 3. The number of rotatable bonds is 11. The van der Waals surface area contributed by atoms with Crippen LogP contribution in [-0.4, -0.2) is 68.1 Å². The largest absolute Gasteiger partial charge is 0.493 e. The van der Waals surface area contributed by atoms with E-state index in [1.54, 1.807) is 4.90 Å². The van der Waals surface area contributed by atoms with Crippen molar-refractivity contribution < 1.29 is 22.7 Å². The molecule has 8 heteroatoms. The molecule has 1 N–H and O–H groups in total. The van der Waals surface area contributed by atoms with Gasteiger partial charge in [-0.25, -0.2) is 0 Å². The molecule has 36 heavy (non-hydrogen) atoms. The van der Waals surface area contributed by atoms with Crippen molar-refractivity contribution in [2.45, 2.75) is 46.2 Å². The number of piperazine rings is 1. The Balaban J connectivity index is 1.44. The Morgan fingerprint density at radius 1 is 0.972 bits per heavy atom. The Kier molecular flexibility index (Phi) is 10.2. The summed E-state index contributed by atoms with van der Waals surface area (Å²) in [5.74, 6) is 0.730. The summed E-state index contributed by atoms with van der Waals surface area (Å²) in [7, 11) is 0. The van der Waals surface area contributed by atoms with Crippen LogP contribution in [0.5, 0.6) is 5.75 Å². The molecule has 0 radical (unpaired) electrons. The lowest BCUT2D eigenvalue weighted by Gasteiger charge is -2.35. The highest BCUT2D eigenvalue weighted by Crippen LogP contribution is 2.29. The fourth-order valence-electron chi connectivity index (χ4n) is 4.40. The molecule has 0 bridgehead atoms. The number of nitrogens with zero attached hydrogens (tertiary/aromatic N) is 2. The predicted molar refractivity (Wildman–Crippen MR) is 137 cm³/mol. The van der Waals surface area contributed by atoms with Gasteiger partial charge in [0.2, 0.25) is 0 Å². The SMILES string of the molecule is CCCNCCCOc1ccc(CCN2CCN(C(=O)c3ccc(C(F)(F)F)cc3)CC2)c(C)c1C. The molecule has 1 saturated heterocycles. The summed E-state index contributed by atoms with van der Waals surface area (Å²) in [6, 6.07) is 8.68. The smallest absolute Gasteiger partial charge is 0.416 e. The quantitative estimate of drug-likeness (QED) is 0.432. The van der Waals surface area contributed by atoms with E-state index in [0.717, 1.165) is 69.9 Å². The molecule has 2 aromatic rings. The van der Waals surface area contributed by atoms with Crippen LogP contribution in [0.15, 0.2) is 36.4 Å². The molecule has 0 aromatic heterocycles. The van der Waals surface area contributed by atoms with Crippen molar-refractivity contribution >= 4 is 5.91 Å². The molecule has 0 unspecified atom stereocenters. The molecule has 0 atom stereocenters. The first-order chi connectivity index (χ1) is 17.2. The van der Waals surface area contributed by atoms with Crippen LogP contribution in [0.4, 0.5) is 13.2 Å². The zero-order chi connectivity index (χ0) is 26.1. The van der Waals surface area contributed by atoms with Crippen LogP contribution < -0.4 is 10.1 Å². The summed E-state index contributed by atoms with van der Waals surface area (Å²) in [5.41, 5.74) is 3.29. The van der Waals surface area contributed by atoms with Gasteiger partial charge in [0.25, 0.3) is 5.91 Å². The van der Waals surface area contributed by atoms with Crippen LogP contribution in [-0.2, 0) is 12.6 Å². The predicted octanol–water partition coefficient (Wildman–Crippen LogP) is 5.09. The maximum Gasteiger partial charge on any atom is 0.416 e. The van der Waals surface area contributed by atoms with Gasteiger partial charge in [-0.3, -0.25) is 9.69 Å². The third-order valence-corrected chi connectivity index (χ3v) is 6.85. The minimum Gasteiger partial charge on any atom is -0.493 e. The van der Waals surface area contributed by atoms with Crippen LogP contribution in [0.25, 0.3) is 0 Å². The van der Waals surface area contributed by atoms with E-state index < -0.39 is 11.7 Å². The molecule has 0 spiro atoms. The zero-order valence-electron chi connectivity index (χ0n) is 21.6. The molecule has 0 aliphatic carbocycles. The average Bonchev–Trinajstić information content (AvgIpc) is 2.87. The highest BCUT2D eigenvalue weighted by atomic mass is 19.4. The van der Waals surface area contributed by atoms with E-state index in [0.29, 0.717) is 25.3 Å². The maximum atomic E-state index is 12.8. The fraction of sp³-hybridized carbons (Fsp3) is 0.536. The van der Waals surface area contributed by atoms with E-state index in [4.69, 9.17) is 4.74 Å². The van der Waals surface area contributed by atoms with Crippen LogP contribution in [0.2, 0.25) is 0 Å². The number of carbonyl (C=O) groups excluding carboxylic acids is 1. The Morgan fingerprint density at radius 2 is 1.67 bits per heavy atom. The molecule has 1 heterocycles. The van der Waals surface area contributed by atoms with Crippen molar-refractivity contribution in [2.24, 2.45) is 0 Å².